The van der Waals surface area contributed by atoms with Gasteiger partial charge in [-0.15, -0.1) is 0 Å². The van der Waals surface area contributed by atoms with Crippen molar-refractivity contribution >= 4 is 11.6 Å². The van der Waals surface area contributed by atoms with Crippen LogP contribution in [-0.4, -0.2) is 42.3 Å². The average molecular weight is 411 g/mol. The smallest absolute Gasteiger partial charge is 0.332 e. The number of halogens is 3. The van der Waals surface area contributed by atoms with E-state index in [0.29, 0.717) is 17.2 Å². The average Bonchev–Trinajstić information content (AvgIpc) is 3.21. The number of aryl methyl sites for hydroxylation is 2. The predicted octanol–water partition coefficient (Wildman–Crippen LogP) is 1.99. The summed E-state index contributed by atoms with van der Waals surface area (Å²) in [5, 5.41) is 14.3. The highest BCUT2D eigenvalue weighted by atomic mass is 19.4. The third-order valence-corrected chi connectivity index (χ3v) is 4.85. The first-order chi connectivity index (χ1) is 13.4. The minimum Gasteiger partial charge on any atom is -0.332 e. The van der Waals surface area contributed by atoms with Gasteiger partial charge in [-0.3, -0.25) is 9.36 Å². The lowest BCUT2D eigenvalue weighted by Gasteiger charge is -2.32. The molecule has 0 bridgehead atoms. The second-order valence-corrected chi connectivity index (χ2v) is 7.44. The first-order valence-corrected chi connectivity index (χ1v) is 9.00. The first kappa shape index (κ1) is 20.8. The zero-order valence-corrected chi connectivity index (χ0v) is 16.8. The van der Waals surface area contributed by atoms with E-state index in [2.05, 4.69) is 30.8 Å². The van der Waals surface area contributed by atoms with Gasteiger partial charge >= 0.3 is 6.18 Å². The van der Waals surface area contributed by atoms with Crippen molar-refractivity contribution in [1.29, 1.82) is 0 Å². The molecule has 2 aromatic rings. The summed E-state index contributed by atoms with van der Waals surface area (Å²) in [7, 11) is 1.77. The lowest BCUT2D eigenvalue weighted by Crippen LogP contribution is -2.51. The maximum absolute atomic E-state index is 13.2. The Kier molecular flexibility index (Phi) is 4.93. The van der Waals surface area contributed by atoms with Crippen LogP contribution in [0.5, 0.6) is 0 Å². The summed E-state index contributed by atoms with van der Waals surface area (Å²) < 4.78 is 43.0. The number of nitrogens with one attached hydrogen (secondary N) is 2. The molecule has 2 aromatic heterocycles. The highest BCUT2D eigenvalue weighted by Crippen LogP contribution is 2.36. The zero-order chi connectivity index (χ0) is 21.6. The van der Waals surface area contributed by atoms with Gasteiger partial charge in [0, 0.05) is 19.4 Å². The Labute approximate surface area is 165 Å². The summed E-state index contributed by atoms with van der Waals surface area (Å²) in [6.45, 7) is 7.15. The van der Waals surface area contributed by atoms with Gasteiger partial charge < -0.3 is 16.4 Å². The molecule has 0 aromatic carbocycles. The Balaban J connectivity index is 1.87. The standard InChI is InChI=1S/C17H24F3N9/c1-6-16(21)12(17(18,19)20)7-22-14(25-16)24-11-8-29(26-10(11)2)15(3,4)13-23-9-28(5)27-13/h7-9H,6,21H2,1-5H3,(H2,22,24,25). The van der Waals surface area contributed by atoms with Gasteiger partial charge in [-0.25, -0.2) is 9.98 Å². The number of anilines is 1. The van der Waals surface area contributed by atoms with Crippen LogP contribution < -0.4 is 16.4 Å². The number of hydrogen-bond donors (Lipinski definition) is 3. The molecule has 3 heterocycles. The summed E-state index contributed by atoms with van der Waals surface area (Å²) in [5.41, 5.74) is 3.70. The van der Waals surface area contributed by atoms with Crippen LogP contribution in [-0.2, 0) is 12.6 Å². The molecule has 0 fully saturated rings. The number of nitrogens with zero attached hydrogens (tertiary/aromatic N) is 6. The van der Waals surface area contributed by atoms with E-state index in [1.807, 2.05) is 13.8 Å². The van der Waals surface area contributed by atoms with Gasteiger partial charge in [-0.05, 0) is 27.2 Å². The molecular weight excluding hydrogens is 387 g/mol. The third kappa shape index (κ3) is 3.84. The van der Waals surface area contributed by atoms with Gasteiger partial charge in [0.25, 0.3) is 0 Å². The highest BCUT2D eigenvalue weighted by molar-refractivity contribution is 5.95. The quantitative estimate of drug-likeness (QED) is 0.710. The van der Waals surface area contributed by atoms with Crippen molar-refractivity contribution in [2.24, 2.45) is 17.8 Å². The molecule has 0 radical (unpaired) electrons. The normalized spacial score (nSPS) is 20.2. The fourth-order valence-corrected chi connectivity index (χ4v) is 2.94. The third-order valence-electron chi connectivity index (χ3n) is 4.85. The van der Waals surface area contributed by atoms with Crippen molar-refractivity contribution in [2.75, 3.05) is 5.32 Å². The topological polar surface area (TPSA) is 111 Å². The summed E-state index contributed by atoms with van der Waals surface area (Å²) in [6.07, 6.45) is -0.415. The van der Waals surface area contributed by atoms with E-state index >= 15 is 0 Å². The van der Waals surface area contributed by atoms with Gasteiger partial charge in [-0.2, -0.15) is 23.4 Å². The Morgan fingerprint density at radius 2 is 1.97 bits per heavy atom. The molecular formula is C17H24F3N9. The van der Waals surface area contributed by atoms with Gasteiger partial charge in [0.05, 0.1) is 17.0 Å². The summed E-state index contributed by atoms with van der Waals surface area (Å²) >= 11 is 0. The first-order valence-electron chi connectivity index (χ1n) is 9.00. The molecule has 1 aliphatic heterocycles. The van der Waals surface area contributed by atoms with E-state index in [9.17, 15) is 13.2 Å². The van der Waals surface area contributed by atoms with Gasteiger partial charge in [0.1, 0.15) is 17.5 Å². The number of nitrogens with two attached hydrogens (primary N) is 1. The predicted molar refractivity (Wildman–Crippen MR) is 102 cm³/mol. The van der Waals surface area contributed by atoms with Crippen LogP contribution in [0.1, 0.15) is 38.7 Å². The second-order valence-electron chi connectivity index (χ2n) is 7.44. The van der Waals surface area contributed by atoms with E-state index in [0.717, 1.165) is 6.20 Å². The maximum atomic E-state index is 13.2. The number of rotatable bonds is 4. The van der Waals surface area contributed by atoms with E-state index in [4.69, 9.17) is 5.73 Å². The molecule has 29 heavy (non-hydrogen) atoms. The summed E-state index contributed by atoms with van der Waals surface area (Å²) in [5.74, 6) is 0.686. The van der Waals surface area contributed by atoms with Crippen LogP contribution in [0.3, 0.4) is 0 Å². The van der Waals surface area contributed by atoms with Gasteiger partial charge in [0.15, 0.2) is 5.82 Å². The fraction of sp³-hybridized carbons (Fsp3) is 0.529. The molecule has 0 aliphatic carbocycles. The fourth-order valence-electron chi connectivity index (χ4n) is 2.94. The Morgan fingerprint density at radius 1 is 1.28 bits per heavy atom. The van der Waals surface area contributed by atoms with Crippen molar-refractivity contribution < 1.29 is 13.2 Å². The van der Waals surface area contributed by atoms with Crippen molar-refractivity contribution in [3.05, 3.63) is 35.8 Å². The SMILES string of the molecule is CCC1(N)N=C(Nc2cn(C(C)(C)c3ncn(C)n3)nc2C)NC=C1C(F)(F)F. The second kappa shape index (κ2) is 6.87. The molecule has 1 atom stereocenters. The Bertz CT molecular complexity index is 967. The molecule has 0 amide bonds. The molecule has 1 aliphatic rings. The summed E-state index contributed by atoms with van der Waals surface area (Å²) in [4.78, 5) is 8.35. The minimum atomic E-state index is -4.58. The van der Waals surface area contributed by atoms with Gasteiger partial charge in [0.2, 0.25) is 5.96 Å². The van der Waals surface area contributed by atoms with Crippen molar-refractivity contribution in [3.63, 3.8) is 0 Å². The Morgan fingerprint density at radius 3 is 2.52 bits per heavy atom. The maximum Gasteiger partial charge on any atom is 0.417 e. The van der Waals surface area contributed by atoms with Gasteiger partial charge in [-0.1, -0.05) is 6.92 Å². The molecule has 1 unspecified atom stereocenters. The number of alkyl halides is 3. The summed E-state index contributed by atoms with van der Waals surface area (Å²) in [6, 6.07) is 0. The number of aromatic nitrogens is 5. The van der Waals surface area contributed by atoms with Crippen molar-refractivity contribution in [1.82, 2.24) is 29.9 Å². The zero-order valence-electron chi connectivity index (χ0n) is 16.8. The van der Waals surface area contributed by atoms with E-state index < -0.39 is 23.0 Å². The van der Waals surface area contributed by atoms with E-state index in [1.54, 1.807) is 42.8 Å². The molecule has 0 spiro atoms. The lowest BCUT2D eigenvalue weighted by atomic mass is 9.97. The van der Waals surface area contributed by atoms with Crippen molar-refractivity contribution in [3.8, 4) is 0 Å². The number of hydrogen-bond acceptors (Lipinski definition) is 7. The molecule has 3 rings (SSSR count). The van der Waals surface area contributed by atoms with Crippen LogP contribution in [0.2, 0.25) is 0 Å². The molecule has 9 nitrogen and oxygen atoms in total. The van der Waals surface area contributed by atoms with E-state index in [-0.39, 0.29) is 12.4 Å². The van der Waals surface area contributed by atoms with Crippen molar-refractivity contribution in [2.45, 2.75) is 51.5 Å². The highest BCUT2D eigenvalue weighted by Gasteiger charge is 2.47. The molecule has 0 saturated heterocycles. The Hall–Kier alpha value is -2.89. The minimum absolute atomic E-state index is 0.0121. The molecule has 158 valence electrons. The lowest BCUT2D eigenvalue weighted by molar-refractivity contribution is -0.101. The monoisotopic (exact) mass is 411 g/mol. The molecule has 4 N–H and O–H groups in total. The van der Waals surface area contributed by atoms with Crippen LogP contribution in [0.15, 0.2) is 29.3 Å². The number of aliphatic imine (C=N–C) groups is 1. The van der Waals surface area contributed by atoms with Crippen LogP contribution in [0, 0.1) is 6.92 Å². The molecule has 0 saturated carbocycles. The largest absolute Gasteiger partial charge is 0.417 e. The van der Waals surface area contributed by atoms with Crippen LogP contribution >= 0.6 is 0 Å². The van der Waals surface area contributed by atoms with E-state index in [1.165, 1.54) is 0 Å². The molecule has 12 heteroatoms. The number of guanidine groups is 1. The van der Waals surface area contributed by atoms with Crippen LogP contribution in [0.25, 0.3) is 0 Å². The van der Waals surface area contributed by atoms with Crippen LogP contribution in [0.4, 0.5) is 18.9 Å².